The molecule has 2 N–H and O–H groups in total. The molecule has 0 spiro atoms. The van der Waals surface area contributed by atoms with Crippen LogP contribution in [0.25, 0.3) is 22.2 Å². The van der Waals surface area contributed by atoms with Gasteiger partial charge in [0.05, 0.1) is 6.54 Å². The van der Waals surface area contributed by atoms with Gasteiger partial charge in [-0.05, 0) is 54.3 Å². The molecule has 0 radical (unpaired) electrons. The molecule has 2 aromatic carbocycles. The number of carbonyl (C=O) groups excluding carboxylic acids is 1. The summed E-state index contributed by atoms with van der Waals surface area (Å²) in [5.74, 6) is 1.52. The minimum atomic E-state index is -0.268. The molecule has 3 heterocycles. The van der Waals surface area contributed by atoms with Crippen LogP contribution >= 0.6 is 0 Å². The number of hydrogen-bond donors (Lipinski definition) is 2. The van der Waals surface area contributed by atoms with Crippen molar-refractivity contribution >= 4 is 16.8 Å². The van der Waals surface area contributed by atoms with E-state index in [2.05, 4.69) is 25.1 Å². The van der Waals surface area contributed by atoms with Crippen molar-refractivity contribution in [3.8, 4) is 11.3 Å². The fraction of sp³-hybridized carbons (Fsp3) is 0.261. The fourth-order valence-corrected chi connectivity index (χ4v) is 4.17. The van der Waals surface area contributed by atoms with Gasteiger partial charge in [-0.2, -0.15) is 0 Å². The lowest BCUT2D eigenvalue weighted by Crippen LogP contribution is -2.24. The molecule has 7 heteroatoms. The van der Waals surface area contributed by atoms with Crippen LogP contribution in [0.2, 0.25) is 0 Å². The first kappa shape index (κ1) is 18.5. The first-order valence-electron chi connectivity index (χ1n) is 10.2. The van der Waals surface area contributed by atoms with Crippen molar-refractivity contribution in [3.63, 3.8) is 0 Å². The van der Waals surface area contributed by atoms with Crippen LogP contribution in [0.1, 0.15) is 30.1 Å². The second-order valence-electron chi connectivity index (χ2n) is 7.60. The van der Waals surface area contributed by atoms with Gasteiger partial charge < -0.3 is 14.9 Å². The minimum absolute atomic E-state index is 0.0271. The molecule has 5 rings (SSSR count). The molecular weight excluding hydrogens is 381 g/mol. The number of aromatic amines is 1. The fourth-order valence-electron chi connectivity index (χ4n) is 4.17. The van der Waals surface area contributed by atoms with Gasteiger partial charge in [-0.3, -0.25) is 4.79 Å². The third-order valence-electron chi connectivity index (χ3n) is 5.68. The Morgan fingerprint density at radius 1 is 1.13 bits per heavy atom. The number of nitrogens with zero attached hydrogens (tertiary/aromatic N) is 3. The zero-order valence-electron chi connectivity index (χ0n) is 16.5. The normalized spacial score (nSPS) is 13.0. The molecule has 1 aliphatic heterocycles. The number of H-pyrrole nitrogens is 1. The minimum Gasteiger partial charge on any atom is -0.354 e. The summed E-state index contributed by atoms with van der Waals surface area (Å²) in [5.41, 5.74) is 3.91. The second-order valence-corrected chi connectivity index (χ2v) is 7.60. The number of fused-ring (bicyclic) bond motifs is 2. The Kier molecular flexibility index (Phi) is 4.78. The van der Waals surface area contributed by atoms with Crippen molar-refractivity contribution in [1.82, 2.24) is 25.1 Å². The summed E-state index contributed by atoms with van der Waals surface area (Å²) in [6, 6.07) is 14.4. The standard InChI is InChI=1S/C23H22FN5O/c24-16-9-7-15(8-10-16)23-18(17-4-1-2-5-19(17)26-23)11-12-22(30)25-14-21-28-27-20-6-3-13-29(20)21/h1-2,4-5,7-10,26H,3,6,11-14H2,(H,25,30). The predicted octanol–water partition coefficient (Wildman–Crippen LogP) is 3.76. The molecule has 0 aliphatic carbocycles. The molecule has 0 atom stereocenters. The monoisotopic (exact) mass is 403 g/mol. The molecule has 6 nitrogen and oxygen atoms in total. The van der Waals surface area contributed by atoms with Crippen LogP contribution in [0.3, 0.4) is 0 Å². The molecule has 0 unspecified atom stereocenters. The van der Waals surface area contributed by atoms with E-state index in [-0.39, 0.29) is 11.7 Å². The van der Waals surface area contributed by atoms with E-state index in [1.165, 1.54) is 12.1 Å². The van der Waals surface area contributed by atoms with Gasteiger partial charge in [-0.15, -0.1) is 10.2 Å². The lowest BCUT2D eigenvalue weighted by Gasteiger charge is -2.08. The zero-order valence-corrected chi connectivity index (χ0v) is 16.5. The Morgan fingerprint density at radius 3 is 2.83 bits per heavy atom. The van der Waals surface area contributed by atoms with E-state index >= 15 is 0 Å². The summed E-state index contributed by atoms with van der Waals surface area (Å²) in [7, 11) is 0. The molecular formula is C23H22FN5O. The van der Waals surface area contributed by atoms with Gasteiger partial charge in [-0.25, -0.2) is 4.39 Å². The summed E-state index contributed by atoms with van der Waals surface area (Å²) >= 11 is 0. The summed E-state index contributed by atoms with van der Waals surface area (Å²) in [4.78, 5) is 16.0. The van der Waals surface area contributed by atoms with Crippen LogP contribution in [0.4, 0.5) is 4.39 Å². The molecule has 152 valence electrons. The zero-order chi connectivity index (χ0) is 20.5. The number of carbonyl (C=O) groups is 1. The van der Waals surface area contributed by atoms with Crippen LogP contribution < -0.4 is 5.32 Å². The average Bonchev–Trinajstić information content (AvgIpc) is 3.46. The largest absolute Gasteiger partial charge is 0.354 e. The van der Waals surface area contributed by atoms with Crippen molar-refractivity contribution in [1.29, 1.82) is 0 Å². The van der Waals surface area contributed by atoms with E-state index in [0.717, 1.165) is 58.8 Å². The van der Waals surface area contributed by atoms with Crippen molar-refractivity contribution in [3.05, 3.63) is 71.6 Å². The smallest absolute Gasteiger partial charge is 0.220 e. The maximum atomic E-state index is 13.4. The number of benzene rings is 2. The maximum Gasteiger partial charge on any atom is 0.220 e. The van der Waals surface area contributed by atoms with E-state index < -0.39 is 0 Å². The maximum absolute atomic E-state index is 13.4. The Hall–Kier alpha value is -3.48. The molecule has 1 aliphatic rings. The van der Waals surface area contributed by atoms with Crippen molar-refractivity contribution in [2.24, 2.45) is 0 Å². The number of aryl methyl sites for hydroxylation is 2. The quantitative estimate of drug-likeness (QED) is 0.515. The number of amides is 1. The SMILES string of the molecule is O=C(CCc1c(-c2ccc(F)cc2)[nH]c2ccccc12)NCc1nnc2n1CCC2. The lowest BCUT2D eigenvalue weighted by molar-refractivity contribution is -0.121. The first-order chi connectivity index (χ1) is 14.7. The molecule has 0 fully saturated rings. The highest BCUT2D eigenvalue weighted by molar-refractivity contribution is 5.91. The second kappa shape index (κ2) is 7.74. The topological polar surface area (TPSA) is 75.6 Å². The summed E-state index contributed by atoms with van der Waals surface area (Å²) in [5, 5.41) is 12.4. The Labute approximate surface area is 173 Å². The van der Waals surface area contributed by atoms with Gasteiger partial charge in [0.1, 0.15) is 11.6 Å². The highest BCUT2D eigenvalue weighted by atomic mass is 19.1. The van der Waals surface area contributed by atoms with Crippen molar-refractivity contribution < 1.29 is 9.18 Å². The summed E-state index contributed by atoms with van der Waals surface area (Å²) < 4.78 is 15.5. The molecule has 2 aromatic heterocycles. The Bertz CT molecular complexity index is 1210. The van der Waals surface area contributed by atoms with Gasteiger partial charge >= 0.3 is 0 Å². The third-order valence-corrected chi connectivity index (χ3v) is 5.68. The van der Waals surface area contributed by atoms with Crippen LogP contribution in [-0.4, -0.2) is 25.7 Å². The number of hydrogen-bond acceptors (Lipinski definition) is 3. The number of rotatable bonds is 6. The van der Waals surface area contributed by atoms with Crippen molar-refractivity contribution in [2.45, 2.75) is 38.8 Å². The van der Waals surface area contributed by atoms with Crippen LogP contribution in [0, 0.1) is 5.82 Å². The van der Waals surface area contributed by atoms with E-state index in [4.69, 9.17) is 0 Å². The third kappa shape index (κ3) is 3.47. The predicted molar refractivity (Wildman–Crippen MR) is 112 cm³/mol. The number of nitrogens with one attached hydrogen (secondary N) is 2. The number of para-hydroxylation sites is 1. The molecule has 0 saturated heterocycles. The van der Waals surface area contributed by atoms with Crippen molar-refractivity contribution in [2.75, 3.05) is 0 Å². The Balaban J connectivity index is 1.32. The number of halogens is 1. The number of aromatic nitrogens is 4. The molecule has 4 aromatic rings. The van der Waals surface area contributed by atoms with Gasteiger partial charge in [-0.1, -0.05) is 18.2 Å². The van der Waals surface area contributed by atoms with E-state index in [9.17, 15) is 9.18 Å². The highest BCUT2D eigenvalue weighted by Gasteiger charge is 2.18. The lowest BCUT2D eigenvalue weighted by atomic mass is 10.0. The van der Waals surface area contributed by atoms with Crippen LogP contribution in [0.5, 0.6) is 0 Å². The average molecular weight is 403 g/mol. The van der Waals surface area contributed by atoms with Gasteiger partial charge in [0, 0.05) is 36.0 Å². The molecule has 30 heavy (non-hydrogen) atoms. The van der Waals surface area contributed by atoms with Gasteiger partial charge in [0.15, 0.2) is 5.82 Å². The van der Waals surface area contributed by atoms with E-state index in [0.29, 0.717) is 19.4 Å². The molecule has 0 saturated carbocycles. The Morgan fingerprint density at radius 2 is 1.97 bits per heavy atom. The van der Waals surface area contributed by atoms with Crippen LogP contribution in [0.15, 0.2) is 48.5 Å². The van der Waals surface area contributed by atoms with E-state index in [1.54, 1.807) is 12.1 Å². The van der Waals surface area contributed by atoms with Gasteiger partial charge in [0.25, 0.3) is 0 Å². The van der Waals surface area contributed by atoms with Gasteiger partial charge in [0.2, 0.25) is 5.91 Å². The van der Waals surface area contributed by atoms with E-state index in [1.807, 2.05) is 24.3 Å². The summed E-state index contributed by atoms with van der Waals surface area (Å²) in [6.45, 7) is 1.31. The molecule has 0 bridgehead atoms. The summed E-state index contributed by atoms with van der Waals surface area (Å²) in [6.07, 6.45) is 2.98. The van der Waals surface area contributed by atoms with Crippen LogP contribution in [-0.2, 0) is 30.7 Å². The first-order valence-corrected chi connectivity index (χ1v) is 10.2. The molecule has 1 amide bonds. The highest BCUT2D eigenvalue weighted by Crippen LogP contribution is 2.31.